The maximum absolute atomic E-state index is 9.32. The molecule has 0 unspecified atom stereocenters. The van der Waals surface area contributed by atoms with Crippen LogP contribution in [0.1, 0.15) is 37.5 Å². The second-order valence-corrected chi connectivity index (χ2v) is 7.20. The summed E-state index contributed by atoms with van der Waals surface area (Å²) >= 11 is 0. The lowest BCUT2D eigenvalue weighted by molar-refractivity contribution is 0.156. The Morgan fingerprint density at radius 3 is 2.57 bits per heavy atom. The number of amidine groups is 1. The molecule has 0 N–H and O–H groups in total. The summed E-state index contributed by atoms with van der Waals surface area (Å²) in [7, 11) is 0. The van der Waals surface area contributed by atoms with E-state index < -0.39 is 5.60 Å². The third kappa shape index (κ3) is 4.22. The second-order valence-electron chi connectivity index (χ2n) is 7.20. The van der Waals surface area contributed by atoms with Crippen LogP contribution in [0.25, 0.3) is 5.70 Å². The number of rotatable bonds is 4. The van der Waals surface area contributed by atoms with Crippen LogP contribution >= 0.6 is 0 Å². The fourth-order valence-electron chi connectivity index (χ4n) is 3.31. The Hall–Kier alpha value is -3.57. The molecule has 0 aliphatic carbocycles. The summed E-state index contributed by atoms with van der Waals surface area (Å²) in [4.78, 5) is 6.01. The van der Waals surface area contributed by atoms with Crippen molar-refractivity contribution in [2.24, 2.45) is 4.99 Å². The third-order valence-corrected chi connectivity index (χ3v) is 4.60. The Bertz CT molecular complexity index is 1010. The van der Waals surface area contributed by atoms with Gasteiger partial charge in [-0.25, -0.2) is 0 Å². The van der Waals surface area contributed by atoms with Crippen molar-refractivity contribution in [1.29, 1.82) is 10.5 Å². The van der Waals surface area contributed by atoms with E-state index in [4.69, 9.17) is 10.00 Å². The fraction of sp³-hybridized carbons (Fsp3) is 0.261. The predicted octanol–water partition coefficient (Wildman–Crippen LogP) is 4.51. The molecular weight excluding hydrogens is 348 g/mol. The van der Waals surface area contributed by atoms with Crippen LogP contribution in [0.15, 0.2) is 59.6 Å². The minimum atomic E-state index is -0.519. The first kappa shape index (κ1) is 19.2. The van der Waals surface area contributed by atoms with Crippen LogP contribution in [-0.2, 0) is 6.42 Å². The highest BCUT2D eigenvalue weighted by atomic mass is 16.5. The summed E-state index contributed by atoms with van der Waals surface area (Å²) in [6, 6.07) is 17.8. The number of fused-ring (bicyclic) bond motifs is 1. The highest BCUT2D eigenvalue weighted by Gasteiger charge is 2.30. The molecule has 2 aromatic rings. The first-order chi connectivity index (χ1) is 13.4. The smallest absolute Gasteiger partial charge is 0.207 e. The van der Waals surface area contributed by atoms with E-state index in [2.05, 4.69) is 23.2 Å². The zero-order valence-electron chi connectivity index (χ0n) is 16.3. The van der Waals surface area contributed by atoms with Crippen molar-refractivity contribution in [3.63, 3.8) is 0 Å². The average molecular weight is 370 g/mol. The quantitative estimate of drug-likeness (QED) is 0.451. The van der Waals surface area contributed by atoms with Gasteiger partial charge in [0.05, 0.1) is 17.3 Å². The predicted molar refractivity (Wildman–Crippen MR) is 109 cm³/mol. The topological polar surface area (TPSA) is 72.4 Å². The number of nitriles is 2. The van der Waals surface area contributed by atoms with E-state index in [1.54, 1.807) is 6.07 Å². The minimum absolute atomic E-state index is 0.519. The molecular formula is C23H22N4O. The van der Waals surface area contributed by atoms with Gasteiger partial charge in [0.1, 0.15) is 17.2 Å². The van der Waals surface area contributed by atoms with Crippen LogP contribution in [-0.4, -0.2) is 22.9 Å². The average Bonchev–Trinajstić information content (AvgIpc) is 2.68. The van der Waals surface area contributed by atoms with E-state index in [1.807, 2.05) is 68.3 Å². The number of benzene rings is 2. The van der Waals surface area contributed by atoms with Crippen molar-refractivity contribution in [3.8, 4) is 18.0 Å². The van der Waals surface area contributed by atoms with E-state index >= 15 is 0 Å². The minimum Gasteiger partial charge on any atom is -0.483 e. The van der Waals surface area contributed by atoms with Gasteiger partial charge in [0.2, 0.25) is 6.19 Å². The molecule has 140 valence electrons. The molecule has 0 atom stereocenters. The molecule has 0 saturated heterocycles. The van der Waals surface area contributed by atoms with Gasteiger partial charge in [-0.1, -0.05) is 30.3 Å². The van der Waals surface area contributed by atoms with E-state index in [-0.39, 0.29) is 0 Å². The molecule has 5 heteroatoms. The molecule has 28 heavy (non-hydrogen) atoms. The molecule has 5 nitrogen and oxygen atoms in total. The van der Waals surface area contributed by atoms with E-state index in [9.17, 15) is 5.26 Å². The Morgan fingerprint density at radius 2 is 1.89 bits per heavy atom. The third-order valence-electron chi connectivity index (χ3n) is 4.60. The van der Waals surface area contributed by atoms with E-state index in [0.717, 1.165) is 23.4 Å². The summed E-state index contributed by atoms with van der Waals surface area (Å²) in [5, 5.41) is 18.4. The van der Waals surface area contributed by atoms with Gasteiger partial charge in [-0.05, 0) is 57.0 Å². The Balaban J connectivity index is 2.05. The molecule has 0 aromatic heterocycles. The highest BCUT2D eigenvalue weighted by Crippen LogP contribution is 2.38. The first-order valence-corrected chi connectivity index (χ1v) is 9.15. The summed E-state index contributed by atoms with van der Waals surface area (Å²) in [6.07, 6.45) is 4.71. The van der Waals surface area contributed by atoms with Crippen LogP contribution < -0.4 is 4.74 Å². The number of hydrogen-bond donors (Lipinski definition) is 0. The van der Waals surface area contributed by atoms with Gasteiger partial charge in [0.25, 0.3) is 0 Å². The zero-order valence-corrected chi connectivity index (χ0v) is 16.3. The van der Waals surface area contributed by atoms with Crippen molar-refractivity contribution in [2.45, 2.75) is 32.8 Å². The summed E-state index contributed by atoms with van der Waals surface area (Å²) in [5.41, 5.74) is 2.98. The lowest BCUT2D eigenvalue weighted by atomic mass is 9.96. The van der Waals surface area contributed by atoms with Gasteiger partial charge < -0.3 is 9.64 Å². The maximum atomic E-state index is 9.32. The normalized spacial score (nSPS) is 14.8. The molecule has 0 bridgehead atoms. The summed E-state index contributed by atoms with van der Waals surface area (Å²) in [6.45, 7) is 6.45. The molecule has 3 rings (SSSR count). The molecule has 0 radical (unpaired) electrons. The van der Waals surface area contributed by atoms with Crippen LogP contribution in [0.4, 0.5) is 0 Å². The molecule has 0 saturated carbocycles. The van der Waals surface area contributed by atoms with Gasteiger partial charge >= 0.3 is 0 Å². The van der Waals surface area contributed by atoms with Gasteiger partial charge in [-0.15, -0.1) is 0 Å². The van der Waals surface area contributed by atoms with Gasteiger partial charge in [0.15, 0.2) is 0 Å². The SMILES string of the molecule is CC(=NC#N)N(CCc1ccccc1)C1=CC(C)(C)Oc2ccc(C#N)cc21. The fourth-order valence-corrected chi connectivity index (χ4v) is 3.31. The maximum Gasteiger partial charge on any atom is 0.207 e. The highest BCUT2D eigenvalue weighted by molar-refractivity contribution is 5.91. The lowest BCUT2D eigenvalue weighted by Gasteiger charge is -2.36. The van der Waals surface area contributed by atoms with Gasteiger partial charge in [-0.2, -0.15) is 15.5 Å². The van der Waals surface area contributed by atoms with Gasteiger partial charge in [0, 0.05) is 12.1 Å². The second kappa shape index (κ2) is 7.98. The Labute approximate surface area is 165 Å². The van der Waals surface area contributed by atoms with Crippen molar-refractivity contribution in [2.75, 3.05) is 6.54 Å². The Kier molecular flexibility index (Phi) is 5.47. The van der Waals surface area contributed by atoms with Crippen LogP contribution in [0.2, 0.25) is 0 Å². The van der Waals surface area contributed by atoms with Crippen LogP contribution in [0, 0.1) is 22.8 Å². The monoisotopic (exact) mass is 370 g/mol. The number of hydrogen-bond acceptors (Lipinski definition) is 4. The standard InChI is InChI=1S/C23H22N4O/c1-17(26-16-25)27(12-11-18-7-5-4-6-8-18)21-14-23(2,3)28-22-10-9-19(15-24)13-20(21)22/h4-10,13-14H,11-12H2,1-3H3. The van der Waals surface area contributed by atoms with Gasteiger partial charge in [-0.3, -0.25) is 0 Å². The number of ether oxygens (including phenoxy) is 1. The van der Waals surface area contributed by atoms with Crippen molar-refractivity contribution >= 4 is 11.5 Å². The van der Waals surface area contributed by atoms with E-state index in [1.165, 1.54) is 5.56 Å². The molecule has 1 heterocycles. The summed E-state index contributed by atoms with van der Waals surface area (Å²) < 4.78 is 6.08. The van der Waals surface area contributed by atoms with Crippen molar-refractivity contribution in [1.82, 2.24) is 4.90 Å². The van der Waals surface area contributed by atoms with Crippen LogP contribution in [0.3, 0.4) is 0 Å². The van der Waals surface area contributed by atoms with Crippen molar-refractivity contribution < 1.29 is 4.74 Å². The molecule has 0 fully saturated rings. The number of nitrogens with zero attached hydrogens (tertiary/aromatic N) is 4. The summed E-state index contributed by atoms with van der Waals surface area (Å²) in [5.74, 6) is 1.33. The Morgan fingerprint density at radius 1 is 1.14 bits per heavy atom. The van der Waals surface area contributed by atoms with E-state index in [0.29, 0.717) is 17.9 Å². The van der Waals surface area contributed by atoms with Crippen molar-refractivity contribution in [3.05, 3.63) is 71.3 Å². The lowest BCUT2D eigenvalue weighted by Crippen LogP contribution is -2.36. The molecule has 0 amide bonds. The zero-order chi connectivity index (χ0) is 20.1. The molecule has 0 spiro atoms. The van der Waals surface area contributed by atoms with Crippen LogP contribution in [0.5, 0.6) is 5.75 Å². The number of aliphatic imine (C=N–C) groups is 1. The largest absolute Gasteiger partial charge is 0.483 e. The molecule has 1 aliphatic rings. The molecule has 2 aromatic carbocycles. The molecule has 1 aliphatic heterocycles. The first-order valence-electron chi connectivity index (χ1n) is 9.15.